The molecule has 0 saturated carbocycles. The predicted molar refractivity (Wildman–Crippen MR) is 115 cm³/mol. The Morgan fingerprint density at radius 1 is 1.07 bits per heavy atom. The number of ketones is 1. The fourth-order valence-electron chi connectivity index (χ4n) is 3.60. The van der Waals surface area contributed by atoms with Crippen LogP contribution in [0.3, 0.4) is 0 Å². The van der Waals surface area contributed by atoms with Crippen molar-refractivity contribution >= 4 is 17.4 Å². The number of likely N-dealkylation sites (tertiary alicyclic amines) is 1. The van der Waals surface area contributed by atoms with Crippen molar-refractivity contribution in [1.82, 2.24) is 9.88 Å². The van der Waals surface area contributed by atoms with Gasteiger partial charge in [0.1, 0.15) is 17.6 Å². The lowest BCUT2D eigenvalue weighted by Crippen LogP contribution is -2.30. The van der Waals surface area contributed by atoms with E-state index in [0.717, 1.165) is 19.3 Å². The highest BCUT2D eigenvalue weighted by Gasteiger charge is 2.46. The first kappa shape index (κ1) is 21.6. The SMILES string of the molecule is CCCCCOc1ccc(/C(O)=C2/C(=O)C(=O)N(CCC)C2c2ccccn2)cc1. The van der Waals surface area contributed by atoms with Crippen LogP contribution in [0.4, 0.5) is 0 Å². The molecule has 1 amide bonds. The van der Waals surface area contributed by atoms with Gasteiger partial charge in [0, 0.05) is 18.3 Å². The second-order valence-electron chi connectivity index (χ2n) is 7.33. The van der Waals surface area contributed by atoms with Crippen LogP contribution in [0.5, 0.6) is 5.75 Å². The van der Waals surface area contributed by atoms with Gasteiger partial charge >= 0.3 is 0 Å². The monoisotopic (exact) mass is 408 g/mol. The molecule has 0 aliphatic carbocycles. The number of rotatable bonds is 9. The fourth-order valence-corrected chi connectivity index (χ4v) is 3.60. The first-order valence-electron chi connectivity index (χ1n) is 10.5. The molecule has 1 unspecified atom stereocenters. The van der Waals surface area contributed by atoms with Gasteiger partial charge < -0.3 is 14.7 Å². The van der Waals surface area contributed by atoms with Gasteiger partial charge in [-0.05, 0) is 49.2 Å². The van der Waals surface area contributed by atoms with Crippen LogP contribution in [-0.2, 0) is 9.59 Å². The number of aliphatic hydroxyl groups excluding tert-OH is 1. The van der Waals surface area contributed by atoms with Crippen molar-refractivity contribution in [2.24, 2.45) is 0 Å². The number of aliphatic hydroxyl groups is 1. The van der Waals surface area contributed by atoms with E-state index in [9.17, 15) is 14.7 Å². The van der Waals surface area contributed by atoms with Crippen LogP contribution in [0, 0.1) is 0 Å². The Bertz CT molecular complexity index is 907. The molecule has 1 aliphatic rings. The van der Waals surface area contributed by atoms with Crippen LogP contribution >= 0.6 is 0 Å². The number of nitrogens with zero attached hydrogens (tertiary/aromatic N) is 2. The second kappa shape index (κ2) is 10.1. The zero-order valence-corrected chi connectivity index (χ0v) is 17.5. The number of aromatic nitrogens is 1. The summed E-state index contributed by atoms with van der Waals surface area (Å²) in [6.07, 6.45) is 5.54. The number of Topliss-reactive ketones (excluding diaryl/α,β-unsaturated/α-hetero) is 1. The maximum atomic E-state index is 12.8. The van der Waals surface area contributed by atoms with E-state index in [0.29, 0.717) is 36.6 Å². The summed E-state index contributed by atoms with van der Waals surface area (Å²) in [5.41, 5.74) is 1.10. The number of ether oxygens (including phenoxy) is 1. The van der Waals surface area contributed by atoms with Gasteiger partial charge in [-0.2, -0.15) is 0 Å². The van der Waals surface area contributed by atoms with E-state index < -0.39 is 17.7 Å². The van der Waals surface area contributed by atoms with E-state index in [1.54, 1.807) is 48.7 Å². The molecule has 6 heteroatoms. The van der Waals surface area contributed by atoms with Gasteiger partial charge in [0.2, 0.25) is 0 Å². The van der Waals surface area contributed by atoms with Crippen LogP contribution < -0.4 is 4.74 Å². The summed E-state index contributed by atoms with van der Waals surface area (Å²) >= 11 is 0. The first-order valence-corrected chi connectivity index (χ1v) is 10.5. The van der Waals surface area contributed by atoms with Crippen LogP contribution in [0.15, 0.2) is 54.2 Å². The molecule has 1 aromatic heterocycles. The Hall–Kier alpha value is -3.15. The van der Waals surface area contributed by atoms with Crippen molar-refractivity contribution in [3.63, 3.8) is 0 Å². The number of carbonyl (C=O) groups is 2. The summed E-state index contributed by atoms with van der Waals surface area (Å²) in [6.45, 7) is 5.13. The van der Waals surface area contributed by atoms with E-state index in [-0.39, 0.29) is 11.3 Å². The number of carbonyl (C=O) groups excluding carboxylic acids is 2. The minimum absolute atomic E-state index is 0.0729. The molecule has 2 aromatic rings. The maximum absolute atomic E-state index is 12.8. The summed E-state index contributed by atoms with van der Waals surface area (Å²) in [7, 11) is 0. The number of pyridine rings is 1. The number of hydrogen-bond donors (Lipinski definition) is 1. The first-order chi connectivity index (χ1) is 14.6. The van der Waals surface area contributed by atoms with Crippen LogP contribution in [0.25, 0.3) is 5.76 Å². The lowest BCUT2D eigenvalue weighted by molar-refractivity contribution is -0.139. The average Bonchev–Trinajstić information content (AvgIpc) is 3.02. The third kappa shape index (κ3) is 4.53. The van der Waals surface area contributed by atoms with Gasteiger partial charge in [-0.25, -0.2) is 0 Å². The molecule has 0 bridgehead atoms. The third-order valence-corrected chi connectivity index (χ3v) is 5.12. The molecule has 158 valence electrons. The Morgan fingerprint density at radius 2 is 1.83 bits per heavy atom. The molecule has 1 fully saturated rings. The van der Waals surface area contributed by atoms with Crippen molar-refractivity contribution in [3.8, 4) is 5.75 Å². The van der Waals surface area contributed by atoms with Gasteiger partial charge in [0.15, 0.2) is 0 Å². The highest BCUT2D eigenvalue weighted by Crippen LogP contribution is 2.38. The molecule has 0 radical (unpaired) electrons. The predicted octanol–water partition coefficient (Wildman–Crippen LogP) is 4.48. The zero-order valence-electron chi connectivity index (χ0n) is 17.5. The average molecular weight is 408 g/mol. The smallest absolute Gasteiger partial charge is 0.295 e. The lowest BCUT2D eigenvalue weighted by Gasteiger charge is -2.23. The second-order valence-corrected chi connectivity index (χ2v) is 7.33. The molecule has 1 aromatic carbocycles. The molecular weight excluding hydrogens is 380 g/mol. The van der Waals surface area contributed by atoms with Crippen LogP contribution in [0.2, 0.25) is 0 Å². The van der Waals surface area contributed by atoms with E-state index in [4.69, 9.17) is 4.74 Å². The highest BCUT2D eigenvalue weighted by molar-refractivity contribution is 6.46. The summed E-state index contributed by atoms with van der Waals surface area (Å²) < 4.78 is 5.71. The van der Waals surface area contributed by atoms with E-state index in [1.807, 2.05) is 6.92 Å². The van der Waals surface area contributed by atoms with Gasteiger partial charge in [-0.15, -0.1) is 0 Å². The largest absolute Gasteiger partial charge is 0.507 e. The molecule has 1 saturated heterocycles. The number of amides is 1. The van der Waals surface area contributed by atoms with E-state index in [1.165, 1.54) is 4.90 Å². The normalized spacial score (nSPS) is 18.1. The summed E-state index contributed by atoms with van der Waals surface area (Å²) in [5.74, 6) is -0.781. The van der Waals surface area contributed by atoms with E-state index >= 15 is 0 Å². The van der Waals surface area contributed by atoms with Crippen molar-refractivity contribution in [3.05, 3.63) is 65.5 Å². The minimum Gasteiger partial charge on any atom is -0.507 e. The number of hydrogen-bond acceptors (Lipinski definition) is 5. The molecule has 0 spiro atoms. The molecule has 3 rings (SSSR count). The Kier molecular flexibility index (Phi) is 7.22. The molecular formula is C24H28N2O4. The van der Waals surface area contributed by atoms with Gasteiger partial charge in [0.25, 0.3) is 11.7 Å². The topological polar surface area (TPSA) is 79.7 Å². The van der Waals surface area contributed by atoms with Crippen LogP contribution in [-0.4, -0.2) is 39.8 Å². The standard InChI is InChI=1S/C24H28N2O4/c1-3-5-8-16-30-18-12-10-17(11-13-18)22(27)20-21(19-9-6-7-14-25-19)26(15-4-2)24(29)23(20)28/h6-7,9-14,21,27H,3-5,8,15-16H2,1-2H3/b22-20-. The summed E-state index contributed by atoms with van der Waals surface area (Å²) in [6, 6.07) is 11.6. The van der Waals surface area contributed by atoms with Crippen molar-refractivity contribution in [2.75, 3.05) is 13.2 Å². The van der Waals surface area contributed by atoms with Gasteiger partial charge in [0.05, 0.1) is 17.9 Å². The van der Waals surface area contributed by atoms with Gasteiger partial charge in [-0.1, -0.05) is 32.8 Å². The molecule has 6 nitrogen and oxygen atoms in total. The molecule has 1 atom stereocenters. The van der Waals surface area contributed by atoms with Crippen molar-refractivity contribution < 1.29 is 19.4 Å². The Balaban J connectivity index is 1.93. The van der Waals surface area contributed by atoms with Crippen molar-refractivity contribution in [2.45, 2.75) is 45.6 Å². The number of benzene rings is 1. The lowest BCUT2D eigenvalue weighted by atomic mass is 9.98. The highest BCUT2D eigenvalue weighted by atomic mass is 16.5. The molecule has 1 aliphatic heterocycles. The summed E-state index contributed by atoms with van der Waals surface area (Å²) in [5, 5.41) is 11.0. The minimum atomic E-state index is -0.698. The third-order valence-electron chi connectivity index (χ3n) is 5.12. The molecule has 2 heterocycles. The summed E-state index contributed by atoms with van der Waals surface area (Å²) in [4.78, 5) is 31.3. The van der Waals surface area contributed by atoms with E-state index in [2.05, 4.69) is 11.9 Å². The fraction of sp³-hybridized carbons (Fsp3) is 0.375. The van der Waals surface area contributed by atoms with Gasteiger partial charge in [-0.3, -0.25) is 14.6 Å². The van der Waals surface area contributed by atoms with Crippen LogP contribution in [0.1, 0.15) is 56.8 Å². The quantitative estimate of drug-likeness (QED) is 0.286. The number of unbranched alkanes of at least 4 members (excludes halogenated alkanes) is 2. The Morgan fingerprint density at radius 3 is 2.47 bits per heavy atom. The zero-order chi connectivity index (χ0) is 21.5. The molecule has 1 N–H and O–H groups in total. The maximum Gasteiger partial charge on any atom is 0.295 e. The molecule has 30 heavy (non-hydrogen) atoms. The Labute approximate surface area is 177 Å². The van der Waals surface area contributed by atoms with Crippen molar-refractivity contribution in [1.29, 1.82) is 0 Å².